The van der Waals surface area contributed by atoms with Gasteiger partial charge in [0.2, 0.25) is 0 Å². The van der Waals surface area contributed by atoms with Crippen LogP contribution in [0.4, 0.5) is 18.9 Å². The van der Waals surface area contributed by atoms with E-state index in [9.17, 15) is 18.0 Å². The highest BCUT2D eigenvalue weighted by Crippen LogP contribution is 2.31. The molecule has 0 aliphatic carbocycles. The van der Waals surface area contributed by atoms with Crippen LogP contribution in [0, 0.1) is 0 Å². The summed E-state index contributed by atoms with van der Waals surface area (Å²) in [7, 11) is 0. The molecule has 0 radical (unpaired) electrons. The number of nitrogens with zero attached hydrogens (tertiary/aromatic N) is 1. The van der Waals surface area contributed by atoms with Gasteiger partial charge in [0.15, 0.2) is 6.61 Å². The lowest BCUT2D eigenvalue weighted by molar-refractivity contribution is -0.153. The van der Waals surface area contributed by atoms with Gasteiger partial charge in [-0.15, -0.1) is 0 Å². The average molecular weight is 400 g/mol. The lowest BCUT2D eigenvalue weighted by atomic mass is 10.1. The largest absolute Gasteiger partial charge is 0.484 e. The van der Waals surface area contributed by atoms with E-state index in [1.165, 1.54) is 24.3 Å². The number of rotatable bonds is 3. The Morgan fingerprint density at radius 3 is 2.54 bits per heavy atom. The first kappa shape index (κ1) is 16.8. The van der Waals surface area contributed by atoms with Crippen LogP contribution in [0.3, 0.4) is 0 Å². The number of hydrogen-bond acceptors (Lipinski definition) is 2. The highest BCUT2D eigenvalue weighted by molar-refractivity contribution is 9.10. The molecule has 3 nitrogen and oxygen atoms in total. The van der Waals surface area contributed by atoms with Gasteiger partial charge in [0, 0.05) is 22.3 Å². The first-order valence-electron chi connectivity index (χ1n) is 7.23. The number of carbonyl (C=O) groups excluding carboxylic acids is 1. The topological polar surface area (TPSA) is 29.5 Å². The summed E-state index contributed by atoms with van der Waals surface area (Å²) in [6, 6.07) is 11.4. The first-order valence-corrected chi connectivity index (χ1v) is 8.03. The zero-order chi connectivity index (χ0) is 17.3. The summed E-state index contributed by atoms with van der Waals surface area (Å²) in [5.74, 6) is -0.104. The maximum absolute atomic E-state index is 12.6. The van der Waals surface area contributed by atoms with Crippen molar-refractivity contribution in [2.24, 2.45) is 0 Å². The van der Waals surface area contributed by atoms with Crippen molar-refractivity contribution < 1.29 is 22.7 Å². The van der Waals surface area contributed by atoms with E-state index in [4.69, 9.17) is 0 Å². The van der Waals surface area contributed by atoms with Gasteiger partial charge in [-0.3, -0.25) is 4.79 Å². The molecular formula is C17H13BrF3NO2. The van der Waals surface area contributed by atoms with Crippen LogP contribution in [0.5, 0.6) is 5.75 Å². The Morgan fingerprint density at radius 1 is 1.17 bits per heavy atom. The predicted molar refractivity (Wildman–Crippen MR) is 87.5 cm³/mol. The monoisotopic (exact) mass is 399 g/mol. The zero-order valence-electron chi connectivity index (χ0n) is 12.4. The molecule has 2 aromatic carbocycles. The Morgan fingerprint density at radius 2 is 1.88 bits per heavy atom. The number of halogens is 4. The maximum atomic E-state index is 12.6. The smallest absolute Gasteiger partial charge is 0.422 e. The minimum absolute atomic E-state index is 0.0784. The fraction of sp³-hybridized carbons (Fsp3) is 0.235. The maximum Gasteiger partial charge on any atom is 0.422 e. The van der Waals surface area contributed by atoms with Crippen LogP contribution in [0.1, 0.15) is 15.9 Å². The summed E-state index contributed by atoms with van der Waals surface area (Å²) in [6.07, 6.45) is -3.62. The number of ether oxygens (including phenoxy) is 1. The summed E-state index contributed by atoms with van der Waals surface area (Å²) in [4.78, 5) is 14.3. The summed E-state index contributed by atoms with van der Waals surface area (Å²) < 4.78 is 42.0. The van der Waals surface area contributed by atoms with Gasteiger partial charge >= 0.3 is 6.18 Å². The number of alkyl halides is 3. The molecule has 0 saturated carbocycles. The second kappa shape index (κ2) is 6.47. The molecule has 1 aliphatic heterocycles. The third-order valence-electron chi connectivity index (χ3n) is 3.69. The van der Waals surface area contributed by atoms with Crippen LogP contribution in [0.2, 0.25) is 0 Å². The number of amides is 1. The minimum atomic E-state index is -4.39. The van der Waals surface area contributed by atoms with Crippen molar-refractivity contribution in [2.75, 3.05) is 18.1 Å². The molecule has 0 N–H and O–H groups in total. The molecule has 0 spiro atoms. The molecule has 24 heavy (non-hydrogen) atoms. The summed E-state index contributed by atoms with van der Waals surface area (Å²) >= 11 is 3.41. The van der Waals surface area contributed by atoms with E-state index in [2.05, 4.69) is 20.7 Å². The Balaban J connectivity index is 1.73. The van der Waals surface area contributed by atoms with Crippen LogP contribution in [0.15, 0.2) is 46.9 Å². The fourth-order valence-corrected chi connectivity index (χ4v) is 3.00. The molecule has 0 atom stereocenters. The van der Waals surface area contributed by atoms with Crippen molar-refractivity contribution in [3.8, 4) is 5.75 Å². The molecular weight excluding hydrogens is 387 g/mol. The van der Waals surface area contributed by atoms with Gasteiger partial charge in [0.05, 0.1) is 0 Å². The van der Waals surface area contributed by atoms with Crippen molar-refractivity contribution in [3.05, 3.63) is 58.1 Å². The lowest BCUT2D eigenvalue weighted by Crippen LogP contribution is -2.28. The first-order chi connectivity index (χ1) is 11.3. The van der Waals surface area contributed by atoms with E-state index in [0.29, 0.717) is 12.1 Å². The molecule has 0 fully saturated rings. The van der Waals surface area contributed by atoms with Crippen molar-refractivity contribution in [1.29, 1.82) is 0 Å². The lowest BCUT2D eigenvalue weighted by Gasteiger charge is -2.17. The molecule has 1 heterocycles. The molecule has 1 amide bonds. The Labute approximate surface area is 145 Å². The number of fused-ring (bicyclic) bond motifs is 1. The third kappa shape index (κ3) is 3.72. The van der Waals surface area contributed by atoms with E-state index < -0.39 is 12.8 Å². The van der Waals surface area contributed by atoms with Crippen LogP contribution >= 0.6 is 15.9 Å². The van der Waals surface area contributed by atoms with Gasteiger partial charge in [-0.05, 0) is 54.4 Å². The quantitative estimate of drug-likeness (QED) is 0.754. The molecule has 0 saturated heterocycles. The van der Waals surface area contributed by atoms with Crippen molar-refractivity contribution in [2.45, 2.75) is 12.6 Å². The fourth-order valence-electron chi connectivity index (χ4n) is 2.60. The summed E-state index contributed by atoms with van der Waals surface area (Å²) in [6.45, 7) is -0.772. The second-order valence-corrected chi connectivity index (χ2v) is 6.32. The molecule has 7 heteroatoms. The number of carbonyl (C=O) groups is 1. The van der Waals surface area contributed by atoms with Crippen LogP contribution < -0.4 is 9.64 Å². The van der Waals surface area contributed by atoms with Crippen molar-refractivity contribution in [1.82, 2.24) is 0 Å². The number of hydrogen-bond donors (Lipinski definition) is 0. The second-order valence-electron chi connectivity index (χ2n) is 5.41. The van der Waals surface area contributed by atoms with Gasteiger partial charge in [-0.1, -0.05) is 15.9 Å². The van der Waals surface area contributed by atoms with Gasteiger partial charge < -0.3 is 9.64 Å². The molecule has 1 aliphatic rings. The van der Waals surface area contributed by atoms with Gasteiger partial charge in [-0.25, -0.2) is 0 Å². The molecule has 126 valence electrons. The summed E-state index contributed by atoms with van der Waals surface area (Å²) in [5.41, 5.74) is 2.36. The van der Waals surface area contributed by atoms with Gasteiger partial charge in [0.1, 0.15) is 5.75 Å². The molecule has 2 aromatic rings. The average Bonchev–Trinajstić information content (AvgIpc) is 2.95. The standard InChI is InChI=1S/C17H13BrF3NO2/c18-13-3-6-15-12(9-13)7-8-22(15)16(23)11-1-4-14(5-2-11)24-10-17(19,20)21/h1-6,9H,7-8,10H2. The zero-order valence-corrected chi connectivity index (χ0v) is 14.0. The molecule has 3 rings (SSSR count). The normalized spacial score (nSPS) is 13.8. The Hall–Kier alpha value is -2.02. The van der Waals surface area contributed by atoms with Gasteiger partial charge in [0.25, 0.3) is 5.91 Å². The highest BCUT2D eigenvalue weighted by Gasteiger charge is 2.29. The number of benzene rings is 2. The van der Waals surface area contributed by atoms with Crippen LogP contribution in [-0.2, 0) is 6.42 Å². The molecule has 0 aromatic heterocycles. The third-order valence-corrected chi connectivity index (χ3v) is 4.18. The Kier molecular flexibility index (Phi) is 4.54. The molecule has 0 unspecified atom stereocenters. The molecule has 0 bridgehead atoms. The summed E-state index contributed by atoms with van der Waals surface area (Å²) in [5, 5.41) is 0. The Bertz CT molecular complexity index is 759. The van der Waals surface area contributed by atoms with E-state index in [-0.39, 0.29) is 11.7 Å². The highest BCUT2D eigenvalue weighted by atomic mass is 79.9. The van der Waals surface area contributed by atoms with Crippen LogP contribution in [-0.4, -0.2) is 25.2 Å². The predicted octanol–water partition coefficient (Wildman–Crippen LogP) is 4.59. The van der Waals surface area contributed by atoms with Crippen molar-refractivity contribution >= 4 is 27.5 Å². The van der Waals surface area contributed by atoms with Gasteiger partial charge in [-0.2, -0.15) is 13.2 Å². The van der Waals surface area contributed by atoms with E-state index >= 15 is 0 Å². The van der Waals surface area contributed by atoms with Crippen molar-refractivity contribution in [3.63, 3.8) is 0 Å². The van der Waals surface area contributed by atoms with E-state index in [1.54, 1.807) is 4.90 Å². The van der Waals surface area contributed by atoms with Crippen LogP contribution in [0.25, 0.3) is 0 Å². The number of anilines is 1. The minimum Gasteiger partial charge on any atom is -0.484 e. The SMILES string of the molecule is O=C(c1ccc(OCC(F)(F)F)cc1)N1CCc2cc(Br)ccc21. The van der Waals surface area contributed by atoms with E-state index in [0.717, 1.165) is 22.1 Å². The van der Waals surface area contributed by atoms with E-state index in [1.807, 2.05) is 18.2 Å².